The first kappa shape index (κ1) is 11.8. The fourth-order valence-corrected chi connectivity index (χ4v) is 2.61. The standard InChI is InChI=1S/C14H18N2O/c1-4-17-11-5-6-13-12(9-11)14(2,7-8-15)10-16(13)3/h5-6,9H,4,7,10H2,1-3H3. The van der Waals surface area contributed by atoms with Gasteiger partial charge in [0.1, 0.15) is 5.75 Å². The van der Waals surface area contributed by atoms with E-state index < -0.39 is 0 Å². The summed E-state index contributed by atoms with van der Waals surface area (Å²) in [4.78, 5) is 2.21. The summed E-state index contributed by atoms with van der Waals surface area (Å²) in [6.45, 7) is 5.69. The van der Waals surface area contributed by atoms with Crippen molar-refractivity contribution in [1.29, 1.82) is 5.26 Å². The van der Waals surface area contributed by atoms with Crippen molar-refractivity contribution >= 4 is 5.69 Å². The quantitative estimate of drug-likeness (QED) is 0.801. The molecule has 1 unspecified atom stereocenters. The van der Waals surface area contributed by atoms with Gasteiger partial charge in [-0.2, -0.15) is 5.26 Å². The van der Waals surface area contributed by atoms with Crippen LogP contribution in [0.25, 0.3) is 0 Å². The van der Waals surface area contributed by atoms with Crippen LogP contribution in [0.15, 0.2) is 18.2 Å². The first-order valence-corrected chi connectivity index (χ1v) is 5.96. The molecule has 1 aliphatic heterocycles. The van der Waals surface area contributed by atoms with E-state index in [1.165, 1.54) is 11.3 Å². The minimum Gasteiger partial charge on any atom is -0.494 e. The third-order valence-corrected chi connectivity index (χ3v) is 3.40. The molecule has 3 nitrogen and oxygen atoms in total. The van der Waals surface area contributed by atoms with Crippen LogP contribution >= 0.6 is 0 Å². The van der Waals surface area contributed by atoms with Gasteiger partial charge in [-0.05, 0) is 30.7 Å². The summed E-state index contributed by atoms with van der Waals surface area (Å²) in [7, 11) is 2.07. The van der Waals surface area contributed by atoms with Gasteiger partial charge in [-0.3, -0.25) is 0 Å². The Morgan fingerprint density at radius 1 is 1.53 bits per heavy atom. The third-order valence-electron chi connectivity index (χ3n) is 3.40. The monoisotopic (exact) mass is 230 g/mol. The molecule has 0 saturated carbocycles. The van der Waals surface area contributed by atoms with E-state index in [-0.39, 0.29) is 5.41 Å². The van der Waals surface area contributed by atoms with Gasteiger partial charge in [0.05, 0.1) is 12.7 Å². The largest absolute Gasteiger partial charge is 0.494 e. The van der Waals surface area contributed by atoms with Gasteiger partial charge in [-0.25, -0.2) is 0 Å². The van der Waals surface area contributed by atoms with Gasteiger partial charge in [0.2, 0.25) is 0 Å². The Labute approximate surface area is 103 Å². The summed E-state index contributed by atoms with van der Waals surface area (Å²) in [6.07, 6.45) is 0.542. The zero-order valence-electron chi connectivity index (χ0n) is 10.7. The molecule has 0 aliphatic carbocycles. The van der Waals surface area contributed by atoms with E-state index in [0.717, 1.165) is 12.3 Å². The van der Waals surface area contributed by atoms with Crippen LogP contribution in [0.1, 0.15) is 25.8 Å². The average molecular weight is 230 g/mol. The summed E-state index contributed by atoms with van der Waals surface area (Å²) in [6, 6.07) is 8.46. The SMILES string of the molecule is CCOc1ccc2c(c1)C(C)(CC#N)CN2C. The molecule has 0 saturated heterocycles. The molecule has 0 N–H and O–H groups in total. The van der Waals surface area contributed by atoms with Gasteiger partial charge < -0.3 is 9.64 Å². The minimum atomic E-state index is -0.0774. The zero-order valence-corrected chi connectivity index (χ0v) is 10.7. The van der Waals surface area contributed by atoms with Gasteiger partial charge in [-0.15, -0.1) is 0 Å². The van der Waals surface area contributed by atoms with Gasteiger partial charge in [0, 0.05) is 31.1 Å². The number of nitrogens with zero attached hydrogens (tertiary/aromatic N) is 2. The zero-order chi connectivity index (χ0) is 12.5. The van der Waals surface area contributed by atoms with Crippen molar-refractivity contribution in [3.05, 3.63) is 23.8 Å². The molecular weight excluding hydrogens is 212 g/mol. The molecule has 0 amide bonds. The number of benzene rings is 1. The lowest BCUT2D eigenvalue weighted by Crippen LogP contribution is -2.28. The maximum Gasteiger partial charge on any atom is 0.119 e. The van der Waals surface area contributed by atoms with Crippen LogP contribution in [0.3, 0.4) is 0 Å². The lowest BCUT2D eigenvalue weighted by molar-refractivity contribution is 0.339. The van der Waals surface area contributed by atoms with Crippen LogP contribution in [0.2, 0.25) is 0 Å². The molecule has 1 heterocycles. The Balaban J connectivity index is 2.43. The van der Waals surface area contributed by atoms with Gasteiger partial charge in [-0.1, -0.05) is 6.92 Å². The van der Waals surface area contributed by atoms with E-state index in [0.29, 0.717) is 13.0 Å². The van der Waals surface area contributed by atoms with Crippen LogP contribution < -0.4 is 9.64 Å². The first-order chi connectivity index (χ1) is 8.10. The molecule has 0 radical (unpaired) electrons. The van der Waals surface area contributed by atoms with Crippen LogP contribution in [-0.4, -0.2) is 20.2 Å². The lowest BCUT2D eigenvalue weighted by atomic mass is 9.82. The molecule has 1 aliphatic rings. The summed E-state index contributed by atoms with van der Waals surface area (Å²) in [5.41, 5.74) is 2.37. The summed E-state index contributed by atoms with van der Waals surface area (Å²) >= 11 is 0. The van der Waals surface area contributed by atoms with Crippen LogP contribution in [0.5, 0.6) is 5.75 Å². The second-order valence-electron chi connectivity index (χ2n) is 4.86. The van der Waals surface area contributed by atoms with Gasteiger partial charge in [0.25, 0.3) is 0 Å². The highest BCUT2D eigenvalue weighted by Crippen LogP contribution is 2.43. The van der Waals surface area contributed by atoms with Crippen LogP contribution in [-0.2, 0) is 5.41 Å². The van der Waals surface area contributed by atoms with E-state index in [1.807, 2.05) is 13.0 Å². The number of likely N-dealkylation sites (N-methyl/N-ethyl adjacent to an activating group) is 1. The predicted octanol–water partition coefficient (Wildman–Crippen LogP) is 2.71. The second kappa shape index (κ2) is 4.29. The maximum absolute atomic E-state index is 8.98. The highest BCUT2D eigenvalue weighted by atomic mass is 16.5. The normalized spacial score (nSPS) is 22.1. The van der Waals surface area contributed by atoms with Crippen LogP contribution in [0, 0.1) is 11.3 Å². The van der Waals surface area contributed by atoms with Gasteiger partial charge in [0.15, 0.2) is 0 Å². The fourth-order valence-electron chi connectivity index (χ4n) is 2.61. The molecule has 1 aromatic carbocycles. The molecular formula is C14H18N2O. The Kier molecular flexibility index (Phi) is 2.97. The molecule has 1 aromatic rings. The predicted molar refractivity (Wildman–Crippen MR) is 68.5 cm³/mol. The van der Waals surface area contributed by atoms with E-state index in [2.05, 4.69) is 37.1 Å². The van der Waals surface area contributed by atoms with Crippen LogP contribution in [0.4, 0.5) is 5.69 Å². The van der Waals surface area contributed by atoms with Crippen molar-refractivity contribution in [3.63, 3.8) is 0 Å². The Bertz CT molecular complexity index is 464. The number of hydrogen-bond acceptors (Lipinski definition) is 3. The van der Waals surface area contributed by atoms with E-state index in [9.17, 15) is 0 Å². The summed E-state index contributed by atoms with van der Waals surface area (Å²) < 4.78 is 5.54. The Morgan fingerprint density at radius 3 is 2.94 bits per heavy atom. The Hall–Kier alpha value is -1.69. The lowest BCUT2D eigenvalue weighted by Gasteiger charge is -2.21. The third kappa shape index (κ3) is 1.95. The molecule has 0 fully saturated rings. The van der Waals surface area contributed by atoms with Crippen molar-refractivity contribution in [3.8, 4) is 11.8 Å². The number of fused-ring (bicyclic) bond motifs is 1. The summed E-state index contributed by atoms with van der Waals surface area (Å²) in [5, 5.41) is 8.98. The van der Waals surface area contributed by atoms with E-state index in [4.69, 9.17) is 10.00 Å². The highest BCUT2D eigenvalue weighted by Gasteiger charge is 2.37. The summed E-state index contributed by atoms with van der Waals surface area (Å²) in [5.74, 6) is 0.894. The van der Waals surface area contributed by atoms with Crippen molar-refractivity contribution in [2.24, 2.45) is 0 Å². The topological polar surface area (TPSA) is 36.3 Å². The van der Waals surface area contributed by atoms with Crippen molar-refractivity contribution in [1.82, 2.24) is 0 Å². The van der Waals surface area contributed by atoms with E-state index >= 15 is 0 Å². The fraction of sp³-hybridized carbons (Fsp3) is 0.500. The highest BCUT2D eigenvalue weighted by molar-refractivity contribution is 5.64. The first-order valence-electron chi connectivity index (χ1n) is 5.96. The second-order valence-corrected chi connectivity index (χ2v) is 4.86. The van der Waals surface area contributed by atoms with Crippen molar-refractivity contribution in [2.45, 2.75) is 25.7 Å². The van der Waals surface area contributed by atoms with Gasteiger partial charge >= 0.3 is 0 Å². The number of ether oxygens (including phenoxy) is 1. The molecule has 3 heteroatoms. The number of anilines is 1. The Morgan fingerprint density at radius 2 is 2.29 bits per heavy atom. The molecule has 90 valence electrons. The molecule has 0 spiro atoms. The van der Waals surface area contributed by atoms with E-state index in [1.54, 1.807) is 0 Å². The smallest absolute Gasteiger partial charge is 0.119 e. The molecule has 1 atom stereocenters. The van der Waals surface area contributed by atoms with Crippen molar-refractivity contribution in [2.75, 3.05) is 25.1 Å². The van der Waals surface area contributed by atoms with Crippen molar-refractivity contribution < 1.29 is 4.74 Å². The maximum atomic E-state index is 8.98. The number of rotatable bonds is 3. The molecule has 2 rings (SSSR count). The molecule has 0 aromatic heterocycles. The number of nitriles is 1. The minimum absolute atomic E-state index is 0.0774. The molecule has 0 bridgehead atoms. The average Bonchev–Trinajstić information content (AvgIpc) is 2.52. The molecule has 17 heavy (non-hydrogen) atoms. The number of hydrogen-bond donors (Lipinski definition) is 0.